The van der Waals surface area contributed by atoms with Gasteiger partial charge in [-0.3, -0.25) is 4.79 Å². The molecule has 0 saturated carbocycles. The van der Waals surface area contributed by atoms with E-state index in [0.29, 0.717) is 19.9 Å². The molecule has 0 radical (unpaired) electrons. The molecule has 15 heavy (non-hydrogen) atoms. The normalized spacial score (nSPS) is 12.9. The molecule has 0 unspecified atom stereocenters. The van der Waals surface area contributed by atoms with Gasteiger partial charge >= 0.3 is 0 Å². The van der Waals surface area contributed by atoms with E-state index in [1.54, 1.807) is 6.92 Å². The van der Waals surface area contributed by atoms with Gasteiger partial charge in [0, 0.05) is 6.54 Å². The van der Waals surface area contributed by atoms with Crippen molar-refractivity contribution in [3.8, 4) is 11.5 Å². The van der Waals surface area contributed by atoms with Gasteiger partial charge in [-0.25, -0.2) is 0 Å². The van der Waals surface area contributed by atoms with Gasteiger partial charge in [0.15, 0.2) is 11.5 Å². The number of carbonyl (C=O) groups excluding carboxylic acids is 1. The Hall–Kier alpha value is -1.55. The van der Waals surface area contributed by atoms with Gasteiger partial charge in [-0.1, -0.05) is 6.07 Å². The highest BCUT2D eigenvalue weighted by Crippen LogP contribution is 2.32. The average molecular weight is 207 g/mol. The van der Waals surface area contributed by atoms with E-state index in [1.807, 2.05) is 18.2 Å². The van der Waals surface area contributed by atoms with E-state index >= 15 is 0 Å². The van der Waals surface area contributed by atoms with Crippen LogP contribution in [0.4, 0.5) is 0 Å². The maximum absolute atomic E-state index is 10.7. The summed E-state index contributed by atoms with van der Waals surface area (Å²) < 4.78 is 10.4. The molecule has 0 spiro atoms. The minimum absolute atomic E-state index is 0.135. The fraction of sp³-hybridized carbons (Fsp3) is 0.364. The van der Waals surface area contributed by atoms with Crippen molar-refractivity contribution in [2.75, 3.05) is 13.3 Å². The zero-order chi connectivity index (χ0) is 10.7. The summed E-state index contributed by atoms with van der Waals surface area (Å²) >= 11 is 0. The molecular weight excluding hydrogens is 194 g/mol. The number of rotatable bonds is 4. The van der Waals surface area contributed by atoms with Gasteiger partial charge in [-0.05, 0) is 24.6 Å². The average Bonchev–Trinajstić information content (AvgIpc) is 2.64. The lowest BCUT2D eigenvalue weighted by Crippen LogP contribution is -2.20. The Labute approximate surface area is 88.2 Å². The maximum Gasteiger partial charge on any atom is 0.231 e. The topological polar surface area (TPSA) is 47.6 Å². The van der Waals surface area contributed by atoms with Crippen LogP contribution in [-0.4, -0.2) is 19.1 Å². The number of nitrogens with one attached hydrogen (secondary N) is 1. The molecule has 80 valence electrons. The van der Waals surface area contributed by atoms with Gasteiger partial charge in [0.25, 0.3) is 0 Å². The van der Waals surface area contributed by atoms with Crippen LogP contribution in [0.25, 0.3) is 0 Å². The summed E-state index contributed by atoms with van der Waals surface area (Å²) in [5.41, 5.74) is 1.08. The number of fused-ring (bicyclic) bond motifs is 1. The van der Waals surface area contributed by atoms with Crippen LogP contribution in [0, 0.1) is 0 Å². The van der Waals surface area contributed by atoms with E-state index in [9.17, 15) is 4.79 Å². The first kappa shape index (κ1) is 9.98. The number of benzene rings is 1. The second-order valence-electron chi connectivity index (χ2n) is 3.49. The molecule has 0 fully saturated rings. The lowest BCUT2D eigenvalue weighted by Gasteiger charge is -2.03. The second-order valence-corrected chi connectivity index (χ2v) is 3.49. The van der Waals surface area contributed by atoms with Crippen molar-refractivity contribution in [3.63, 3.8) is 0 Å². The molecule has 0 saturated heterocycles. The van der Waals surface area contributed by atoms with Crippen LogP contribution < -0.4 is 14.8 Å². The quantitative estimate of drug-likeness (QED) is 0.803. The third kappa shape index (κ3) is 2.47. The van der Waals surface area contributed by atoms with Crippen molar-refractivity contribution >= 4 is 5.78 Å². The highest BCUT2D eigenvalue weighted by Gasteiger charge is 2.12. The van der Waals surface area contributed by atoms with Gasteiger partial charge in [0.05, 0.1) is 6.54 Å². The van der Waals surface area contributed by atoms with E-state index in [2.05, 4.69) is 5.32 Å². The van der Waals surface area contributed by atoms with Crippen LogP contribution in [0.1, 0.15) is 12.5 Å². The van der Waals surface area contributed by atoms with E-state index in [0.717, 1.165) is 17.1 Å². The molecule has 1 aliphatic rings. The summed E-state index contributed by atoms with van der Waals surface area (Å²) in [6.45, 7) is 2.91. The summed E-state index contributed by atoms with van der Waals surface area (Å²) in [7, 11) is 0. The number of carbonyl (C=O) groups is 1. The van der Waals surface area contributed by atoms with Gasteiger partial charge in [-0.15, -0.1) is 0 Å². The molecule has 0 amide bonds. The Morgan fingerprint density at radius 2 is 2.20 bits per heavy atom. The highest BCUT2D eigenvalue weighted by molar-refractivity contribution is 5.77. The minimum atomic E-state index is 0.135. The summed E-state index contributed by atoms with van der Waals surface area (Å²) in [6.07, 6.45) is 0. The molecule has 1 heterocycles. The standard InChI is InChI=1S/C11H13NO3/c1-8(13)5-12-6-9-2-3-10-11(4-9)15-7-14-10/h2-4,12H,5-7H2,1H3. The van der Waals surface area contributed by atoms with E-state index < -0.39 is 0 Å². The number of ketones is 1. The molecule has 1 N–H and O–H groups in total. The fourth-order valence-electron chi connectivity index (χ4n) is 1.43. The molecular formula is C11H13NO3. The lowest BCUT2D eigenvalue weighted by molar-refractivity contribution is -0.116. The molecule has 4 heteroatoms. The Balaban J connectivity index is 1.95. The van der Waals surface area contributed by atoms with Crippen LogP contribution in [0.15, 0.2) is 18.2 Å². The van der Waals surface area contributed by atoms with E-state index in [-0.39, 0.29) is 5.78 Å². The van der Waals surface area contributed by atoms with Crippen LogP contribution >= 0.6 is 0 Å². The monoisotopic (exact) mass is 207 g/mol. The summed E-state index contributed by atoms with van der Waals surface area (Å²) in [5, 5.41) is 3.05. The molecule has 0 atom stereocenters. The largest absolute Gasteiger partial charge is 0.454 e. The van der Waals surface area contributed by atoms with Crippen LogP contribution in [0.3, 0.4) is 0 Å². The lowest BCUT2D eigenvalue weighted by atomic mass is 10.2. The number of Topliss-reactive ketones (excluding diaryl/α,β-unsaturated/α-hetero) is 1. The van der Waals surface area contributed by atoms with Crippen LogP contribution in [0.5, 0.6) is 11.5 Å². The summed E-state index contributed by atoms with van der Waals surface area (Å²) in [6, 6.07) is 5.77. The fourth-order valence-corrected chi connectivity index (χ4v) is 1.43. The van der Waals surface area contributed by atoms with Crippen molar-refractivity contribution in [1.82, 2.24) is 5.32 Å². The molecule has 0 aliphatic carbocycles. The Bertz CT molecular complexity index is 376. The van der Waals surface area contributed by atoms with Crippen molar-refractivity contribution < 1.29 is 14.3 Å². The molecule has 4 nitrogen and oxygen atoms in total. The van der Waals surface area contributed by atoms with Gasteiger partial charge in [-0.2, -0.15) is 0 Å². The second kappa shape index (κ2) is 4.31. The molecule has 0 bridgehead atoms. The Morgan fingerprint density at radius 1 is 1.40 bits per heavy atom. The van der Waals surface area contributed by atoms with Crippen molar-refractivity contribution in [1.29, 1.82) is 0 Å². The first-order chi connectivity index (χ1) is 7.25. The van der Waals surface area contributed by atoms with Crippen molar-refractivity contribution in [3.05, 3.63) is 23.8 Å². The molecule has 1 aliphatic heterocycles. The zero-order valence-corrected chi connectivity index (χ0v) is 8.58. The number of hydrogen-bond acceptors (Lipinski definition) is 4. The van der Waals surface area contributed by atoms with Crippen LogP contribution in [0.2, 0.25) is 0 Å². The maximum atomic E-state index is 10.7. The number of hydrogen-bond donors (Lipinski definition) is 1. The molecule has 1 aromatic carbocycles. The van der Waals surface area contributed by atoms with E-state index in [1.165, 1.54) is 0 Å². The third-order valence-corrected chi connectivity index (χ3v) is 2.14. The molecule has 2 rings (SSSR count). The predicted molar refractivity (Wildman–Crippen MR) is 55.0 cm³/mol. The van der Waals surface area contributed by atoms with Gasteiger partial charge < -0.3 is 14.8 Å². The predicted octanol–water partition coefficient (Wildman–Crippen LogP) is 1.09. The van der Waals surface area contributed by atoms with E-state index in [4.69, 9.17) is 9.47 Å². The Morgan fingerprint density at radius 3 is 3.00 bits per heavy atom. The highest BCUT2D eigenvalue weighted by atomic mass is 16.7. The minimum Gasteiger partial charge on any atom is -0.454 e. The zero-order valence-electron chi connectivity index (χ0n) is 8.58. The number of ether oxygens (including phenoxy) is 2. The van der Waals surface area contributed by atoms with Crippen LogP contribution in [-0.2, 0) is 11.3 Å². The smallest absolute Gasteiger partial charge is 0.231 e. The van der Waals surface area contributed by atoms with Gasteiger partial charge in [0.1, 0.15) is 5.78 Å². The van der Waals surface area contributed by atoms with Crippen molar-refractivity contribution in [2.45, 2.75) is 13.5 Å². The van der Waals surface area contributed by atoms with Crippen molar-refractivity contribution in [2.24, 2.45) is 0 Å². The molecule has 1 aromatic rings. The third-order valence-electron chi connectivity index (χ3n) is 2.14. The summed E-state index contributed by atoms with van der Waals surface area (Å²) in [5.74, 6) is 1.69. The molecule has 0 aromatic heterocycles. The summed E-state index contributed by atoms with van der Waals surface area (Å²) in [4.78, 5) is 10.7. The first-order valence-electron chi connectivity index (χ1n) is 4.84. The Kier molecular flexibility index (Phi) is 2.87. The first-order valence-corrected chi connectivity index (χ1v) is 4.84. The van der Waals surface area contributed by atoms with Gasteiger partial charge in [0.2, 0.25) is 6.79 Å². The SMILES string of the molecule is CC(=O)CNCc1ccc2c(c1)OCO2.